The van der Waals surface area contributed by atoms with Crippen molar-refractivity contribution in [2.45, 2.75) is 6.18 Å². The topological polar surface area (TPSA) is 42.7 Å². The number of anilines is 2. The van der Waals surface area contributed by atoms with Gasteiger partial charge in [0.25, 0.3) is 0 Å². The lowest BCUT2D eigenvalue weighted by Crippen LogP contribution is -2.06. The van der Waals surface area contributed by atoms with Gasteiger partial charge in [0, 0.05) is 19.4 Å². The molecule has 1 N–H and O–H groups in total. The molecule has 0 aliphatic heterocycles. The minimum absolute atomic E-state index is 0.132. The number of rotatable bonds is 2. The molecule has 4 nitrogen and oxygen atoms in total. The molecule has 0 radical (unpaired) electrons. The van der Waals surface area contributed by atoms with Crippen LogP contribution >= 0.6 is 0 Å². The number of hydrogen-bond donors (Lipinski definition) is 1. The molecule has 0 aliphatic carbocycles. The maximum atomic E-state index is 12.4. The van der Waals surface area contributed by atoms with Crippen molar-refractivity contribution in [2.24, 2.45) is 7.05 Å². The van der Waals surface area contributed by atoms with Crippen LogP contribution in [0.1, 0.15) is 5.56 Å². The number of aryl methyl sites for hydroxylation is 1. The molecule has 0 amide bonds. The minimum Gasteiger partial charge on any atom is -0.338 e. The second-order valence-corrected chi connectivity index (χ2v) is 3.46. The molecule has 2 rings (SSSR count). The number of halogens is 3. The van der Waals surface area contributed by atoms with Crippen LogP contribution in [0.2, 0.25) is 0 Å². The summed E-state index contributed by atoms with van der Waals surface area (Å²) in [5, 5.41) is 6.63. The van der Waals surface area contributed by atoms with E-state index in [9.17, 15) is 13.2 Å². The van der Waals surface area contributed by atoms with Crippen molar-refractivity contribution in [3.63, 3.8) is 0 Å². The van der Waals surface area contributed by atoms with Crippen molar-refractivity contribution in [1.29, 1.82) is 0 Å². The van der Waals surface area contributed by atoms with Crippen LogP contribution in [-0.4, -0.2) is 14.8 Å². The van der Waals surface area contributed by atoms with Gasteiger partial charge in [-0.05, 0) is 12.1 Å². The first-order chi connectivity index (χ1) is 7.95. The number of hydrogen-bond acceptors (Lipinski definition) is 3. The molecule has 0 fully saturated rings. The van der Waals surface area contributed by atoms with E-state index in [2.05, 4.69) is 15.4 Å². The maximum absolute atomic E-state index is 12.4. The van der Waals surface area contributed by atoms with Gasteiger partial charge in [-0.1, -0.05) is 0 Å². The molecular formula is C10H9F3N4. The van der Waals surface area contributed by atoms with Crippen LogP contribution < -0.4 is 5.32 Å². The summed E-state index contributed by atoms with van der Waals surface area (Å²) >= 11 is 0. The van der Waals surface area contributed by atoms with E-state index in [4.69, 9.17) is 0 Å². The number of nitrogens with one attached hydrogen (secondary N) is 1. The monoisotopic (exact) mass is 242 g/mol. The SMILES string of the molecule is Cn1cc(Nc2cc(C(F)(F)F)ccn2)cn1. The highest BCUT2D eigenvalue weighted by molar-refractivity contribution is 5.54. The van der Waals surface area contributed by atoms with Gasteiger partial charge in [-0.25, -0.2) is 4.98 Å². The van der Waals surface area contributed by atoms with E-state index in [1.165, 1.54) is 10.9 Å². The third-order valence-electron chi connectivity index (χ3n) is 2.06. The molecule has 0 unspecified atom stereocenters. The fraction of sp³-hybridized carbons (Fsp3) is 0.200. The Kier molecular flexibility index (Phi) is 2.74. The fourth-order valence-electron chi connectivity index (χ4n) is 1.31. The van der Waals surface area contributed by atoms with Gasteiger partial charge in [-0.15, -0.1) is 0 Å². The zero-order chi connectivity index (χ0) is 12.5. The molecule has 17 heavy (non-hydrogen) atoms. The number of alkyl halides is 3. The van der Waals surface area contributed by atoms with Gasteiger partial charge >= 0.3 is 6.18 Å². The summed E-state index contributed by atoms with van der Waals surface area (Å²) in [6.45, 7) is 0. The van der Waals surface area contributed by atoms with Gasteiger partial charge in [0.1, 0.15) is 5.82 Å². The summed E-state index contributed by atoms with van der Waals surface area (Å²) in [6.07, 6.45) is -0.111. The lowest BCUT2D eigenvalue weighted by Gasteiger charge is -2.08. The summed E-state index contributed by atoms with van der Waals surface area (Å²) in [6, 6.07) is 1.88. The molecule has 0 bridgehead atoms. The van der Waals surface area contributed by atoms with Crippen LogP contribution in [0, 0.1) is 0 Å². The Labute approximate surface area is 95.1 Å². The molecule has 7 heteroatoms. The molecule has 0 saturated heterocycles. The zero-order valence-corrected chi connectivity index (χ0v) is 8.86. The Balaban J connectivity index is 2.22. The summed E-state index contributed by atoms with van der Waals surface area (Å²) in [5.41, 5.74) is -0.154. The van der Waals surface area contributed by atoms with Gasteiger partial charge in [-0.3, -0.25) is 4.68 Å². The van der Waals surface area contributed by atoms with E-state index in [1.54, 1.807) is 13.2 Å². The zero-order valence-electron chi connectivity index (χ0n) is 8.86. The third-order valence-corrected chi connectivity index (χ3v) is 2.06. The smallest absolute Gasteiger partial charge is 0.338 e. The van der Waals surface area contributed by atoms with Crippen molar-refractivity contribution < 1.29 is 13.2 Å². The van der Waals surface area contributed by atoms with Crippen LogP contribution in [0.5, 0.6) is 0 Å². The standard InChI is InChI=1S/C10H9F3N4/c1-17-6-8(5-15-17)16-9-4-7(2-3-14-9)10(11,12)13/h2-6H,1H3,(H,14,16). The van der Waals surface area contributed by atoms with E-state index < -0.39 is 11.7 Å². The van der Waals surface area contributed by atoms with Gasteiger partial charge in [0.2, 0.25) is 0 Å². The maximum Gasteiger partial charge on any atom is 0.416 e. The van der Waals surface area contributed by atoms with Gasteiger partial charge < -0.3 is 5.32 Å². The van der Waals surface area contributed by atoms with Gasteiger partial charge in [0.15, 0.2) is 0 Å². The van der Waals surface area contributed by atoms with Gasteiger partial charge in [-0.2, -0.15) is 18.3 Å². The Hall–Kier alpha value is -2.05. The predicted molar refractivity (Wildman–Crippen MR) is 55.7 cm³/mol. The largest absolute Gasteiger partial charge is 0.416 e. The van der Waals surface area contributed by atoms with E-state index in [1.807, 2.05) is 0 Å². The van der Waals surface area contributed by atoms with Crippen LogP contribution in [0.15, 0.2) is 30.7 Å². The second-order valence-electron chi connectivity index (χ2n) is 3.46. The molecule has 2 aromatic heterocycles. The molecule has 0 saturated carbocycles. The Morgan fingerprint density at radius 3 is 2.71 bits per heavy atom. The molecule has 2 aromatic rings. The fourth-order valence-corrected chi connectivity index (χ4v) is 1.31. The quantitative estimate of drug-likeness (QED) is 0.880. The van der Waals surface area contributed by atoms with Crippen molar-refractivity contribution in [3.05, 3.63) is 36.3 Å². The van der Waals surface area contributed by atoms with Crippen LogP contribution in [0.25, 0.3) is 0 Å². The van der Waals surface area contributed by atoms with Crippen molar-refractivity contribution in [1.82, 2.24) is 14.8 Å². The van der Waals surface area contributed by atoms with Crippen LogP contribution in [0.3, 0.4) is 0 Å². The number of pyridine rings is 1. The molecule has 0 spiro atoms. The first-order valence-electron chi connectivity index (χ1n) is 4.74. The van der Waals surface area contributed by atoms with E-state index >= 15 is 0 Å². The molecule has 90 valence electrons. The average Bonchev–Trinajstić information content (AvgIpc) is 2.63. The number of nitrogens with zero attached hydrogens (tertiary/aromatic N) is 3. The van der Waals surface area contributed by atoms with Crippen LogP contribution in [-0.2, 0) is 13.2 Å². The minimum atomic E-state index is -4.37. The molecule has 2 heterocycles. The van der Waals surface area contributed by atoms with Gasteiger partial charge in [0.05, 0.1) is 17.4 Å². The highest BCUT2D eigenvalue weighted by Gasteiger charge is 2.30. The highest BCUT2D eigenvalue weighted by atomic mass is 19.4. The molecule has 0 atom stereocenters. The Morgan fingerprint density at radius 1 is 1.35 bits per heavy atom. The Morgan fingerprint density at radius 2 is 2.12 bits per heavy atom. The third kappa shape index (κ3) is 2.74. The predicted octanol–water partition coefficient (Wildman–Crippen LogP) is 2.58. The summed E-state index contributed by atoms with van der Waals surface area (Å²) in [5.74, 6) is 0.132. The molecule has 0 aliphatic rings. The van der Waals surface area contributed by atoms with E-state index in [0.717, 1.165) is 18.3 Å². The Bertz CT molecular complexity index is 518. The molecule has 0 aromatic carbocycles. The lowest BCUT2D eigenvalue weighted by atomic mass is 10.2. The van der Waals surface area contributed by atoms with Crippen molar-refractivity contribution >= 4 is 11.5 Å². The van der Waals surface area contributed by atoms with Crippen molar-refractivity contribution in [2.75, 3.05) is 5.32 Å². The summed E-state index contributed by atoms with van der Waals surface area (Å²) in [7, 11) is 1.71. The summed E-state index contributed by atoms with van der Waals surface area (Å²) in [4.78, 5) is 3.81. The van der Waals surface area contributed by atoms with E-state index in [-0.39, 0.29) is 5.82 Å². The first kappa shape index (κ1) is 11.4. The second kappa shape index (κ2) is 4.08. The van der Waals surface area contributed by atoms with Crippen molar-refractivity contribution in [3.8, 4) is 0 Å². The highest BCUT2D eigenvalue weighted by Crippen LogP contribution is 2.30. The first-order valence-corrected chi connectivity index (χ1v) is 4.74. The normalized spacial score (nSPS) is 11.5. The lowest BCUT2D eigenvalue weighted by molar-refractivity contribution is -0.137. The molecular weight excluding hydrogens is 233 g/mol. The summed E-state index contributed by atoms with van der Waals surface area (Å²) < 4.78 is 38.9. The average molecular weight is 242 g/mol. The van der Waals surface area contributed by atoms with Crippen LogP contribution in [0.4, 0.5) is 24.7 Å². The van der Waals surface area contributed by atoms with E-state index in [0.29, 0.717) is 5.69 Å². The number of aromatic nitrogens is 3.